The summed E-state index contributed by atoms with van der Waals surface area (Å²) in [6, 6.07) is 5.45. The van der Waals surface area contributed by atoms with Crippen LogP contribution >= 0.6 is 0 Å². The van der Waals surface area contributed by atoms with Gasteiger partial charge in [-0.05, 0) is 19.1 Å². The topological polar surface area (TPSA) is 69.4 Å². The second-order valence-electron chi connectivity index (χ2n) is 6.14. The van der Waals surface area contributed by atoms with Gasteiger partial charge in [-0.15, -0.1) is 0 Å². The van der Waals surface area contributed by atoms with Crippen molar-refractivity contribution in [2.45, 2.75) is 39.2 Å². The number of benzene rings is 1. The van der Waals surface area contributed by atoms with Gasteiger partial charge < -0.3 is 19.3 Å². The summed E-state index contributed by atoms with van der Waals surface area (Å²) in [5, 5.41) is 7.36. The van der Waals surface area contributed by atoms with Gasteiger partial charge in [0, 0.05) is 11.5 Å². The fraction of sp³-hybridized carbons (Fsp3) is 0.500. The van der Waals surface area contributed by atoms with E-state index in [1.807, 2.05) is 45.9 Å². The van der Waals surface area contributed by atoms with Crippen molar-refractivity contribution in [1.29, 1.82) is 0 Å². The Morgan fingerprint density at radius 3 is 2.45 bits per heavy atom. The van der Waals surface area contributed by atoms with Crippen molar-refractivity contribution < 1.29 is 14.0 Å². The highest BCUT2D eigenvalue weighted by Crippen LogP contribution is 2.32. The molecule has 0 radical (unpaired) electrons. The van der Waals surface area contributed by atoms with E-state index in [4.69, 9.17) is 14.0 Å². The average Bonchev–Trinajstić information content (AvgIpc) is 2.97. The van der Waals surface area contributed by atoms with Crippen molar-refractivity contribution in [2.75, 3.05) is 19.5 Å². The largest absolute Gasteiger partial charge is 0.497 e. The minimum Gasteiger partial charge on any atom is -0.497 e. The summed E-state index contributed by atoms with van der Waals surface area (Å²) in [5.74, 6) is 2.67. The lowest BCUT2D eigenvalue weighted by Gasteiger charge is -2.15. The van der Waals surface area contributed by atoms with Gasteiger partial charge in [0.2, 0.25) is 5.89 Å². The van der Waals surface area contributed by atoms with E-state index in [1.165, 1.54) is 0 Å². The maximum absolute atomic E-state index is 5.37. The van der Waals surface area contributed by atoms with Crippen LogP contribution in [0.25, 0.3) is 0 Å². The predicted octanol–water partition coefficient (Wildman–Crippen LogP) is 3.56. The van der Waals surface area contributed by atoms with Crippen LogP contribution < -0.4 is 14.8 Å². The van der Waals surface area contributed by atoms with E-state index in [2.05, 4.69) is 15.5 Å². The van der Waals surface area contributed by atoms with E-state index in [1.54, 1.807) is 14.2 Å². The van der Waals surface area contributed by atoms with E-state index in [-0.39, 0.29) is 11.5 Å². The SMILES string of the molecule is COc1ccc(N[C@H](C)c2nc(C(C)(C)C)no2)c(OC)c1. The van der Waals surface area contributed by atoms with Gasteiger partial charge in [0.25, 0.3) is 0 Å². The van der Waals surface area contributed by atoms with Crippen LogP contribution in [0.2, 0.25) is 0 Å². The Morgan fingerprint density at radius 1 is 1.18 bits per heavy atom. The molecule has 0 spiro atoms. The number of nitrogens with one attached hydrogen (secondary N) is 1. The maximum Gasteiger partial charge on any atom is 0.248 e. The summed E-state index contributed by atoms with van der Waals surface area (Å²) in [7, 11) is 3.24. The first-order valence-electron chi connectivity index (χ1n) is 7.17. The lowest BCUT2D eigenvalue weighted by Crippen LogP contribution is -2.14. The standard InChI is InChI=1S/C16H23N3O3/c1-10(14-18-15(19-22-14)16(2,3)4)17-12-8-7-11(20-5)9-13(12)21-6/h7-10,17H,1-6H3/t10-/m1/s1. The second kappa shape index (κ2) is 6.25. The summed E-state index contributed by atoms with van der Waals surface area (Å²) < 4.78 is 15.9. The van der Waals surface area contributed by atoms with Crippen LogP contribution in [0.5, 0.6) is 11.5 Å². The lowest BCUT2D eigenvalue weighted by molar-refractivity contribution is 0.353. The summed E-state index contributed by atoms with van der Waals surface area (Å²) in [5.41, 5.74) is 0.700. The Hall–Kier alpha value is -2.24. The highest BCUT2D eigenvalue weighted by atomic mass is 16.5. The third kappa shape index (κ3) is 3.50. The predicted molar refractivity (Wildman–Crippen MR) is 84.6 cm³/mol. The molecule has 1 aromatic carbocycles. The Bertz CT molecular complexity index is 632. The number of anilines is 1. The molecule has 0 aliphatic carbocycles. The summed E-state index contributed by atoms with van der Waals surface area (Å²) in [6.07, 6.45) is 0. The first-order chi connectivity index (χ1) is 10.3. The molecule has 1 atom stereocenters. The first kappa shape index (κ1) is 16.1. The second-order valence-corrected chi connectivity index (χ2v) is 6.14. The zero-order valence-electron chi connectivity index (χ0n) is 13.9. The van der Waals surface area contributed by atoms with E-state index in [0.717, 1.165) is 11.4 Å². The number of nitrogens with zero attached hydrogens (tertiary/aromatic N) is 2. The fourth-order valence-corrected chi connectivity index (χ4v) is 1.93. The zero-order valence-corrected chi connectivity index (χ0v) is 13.9. The third-order valence-electron chi connectivity index (χ3n) is 3.26. The minimum absolute atomic E-state index is 0.133. The number of hydrogen-bond acceptors (Lipinski definition) is 6. The van der Waals surface area contributed by atoms with E-state index < -0.39 is 0 Å². The first-order valence-corrected chi connectivity index (χ1v) is 7.17. The highest BCUT2D eigenvalue weighted by Gasteiger charge is 2.23. The van der Waals surface area contributed by atoms with Gasteiger partial charge in [-0.2, -0.15) is 4.98 Å². The molecule has 1 aromatic heterocycles. The molecule has 0 aliphatic rings. The van der Waals surface area contributed by atoms with Crippen molar-refractivity contribution in [2.24, 2.45) is 0 Å². The highest BCUT2D eigenvalue weighted by molar-refractivity contribution is 5.59. The Balaban J connectivity index is 2.18. The van der Waals surface area contributed by atoms with Crippen molar-refractivity contribution in [1.82, 2.24) is 10.1 Å². The quantitative estimate of drug-likeness (QED) is 0.911. The molecule has 2 aromatic rings. The van der Waals surface area contributed by atoms with Crippen LogP contribution in [0.15, 0.2) is 22.7 Å². The van der Waals surface area contributed by atoms with Crippen LogP contribution in [0, 0.1) is 0 Å². The van der Waals surface area contributed by atoms with Gasteiger partial charge in [-0.3, -0.25) is 0 Å². The van der Waals surface area contributed by atoms with Gasteiger partial charge in [-0.25, -0.2) is 0 Å². The van der Waals surface area contributed by atoms with Crippen molar-refractivity contribution in [3.05, 3.63) is 29.9 Å². The van der Waals surface area contributed by atoms with E-state index >= 15 is 0 Å². The molecule has 2 rings (SSSR count). The van der Waals surface area contributed by atoms with Gasteiger partial charge >= 0.3 is 0 Å². The van der Waals surface area contributed by atoms with Gasteiger partial charge in [0.1, 0.15) is 17.5 Å². The van der Waals surface area contributed by atoms with Crippen molar-refractivity contribution in [3.8, 4) is 11.5 Å². The van der Waals surface area contributed by atoms with Crippen LogP contribution in [0.3, 0.4) is 0 Å². The molecule has 6 nitrogen and oxygen atoms in total. The molecule has 0 aliphatic heterocycles. The molecule has 22 heavy (non-hydrogen) atoms. The molecule has 120 valence electrons. The lowest BCUT2D eigenvalue weighted by atomic mass is 9.96. The molecule has 0 amide bonds. The molecule has 0 saturated carbocycles. The fourth-order valence-electron chi connectivity index (χ4n) is 1.93. The molecule has 0 saturated heterocycles. The van der Waals surface area contributed by atoms with Crippen molar-refractivity contribution in [3.63, 3.8) is 0 Å². The Kier molecular flexibility index (Phi) is 4.59. The number of methoxy groups -OCH3 is 2. The van der Waals surface area contributed by atoms with Crippen LogP contribution in [-0.2, 0) is 5.41 Å². The molecule has 1 N–H and O–H groups in total. The van der Waals surface area contributed by atoms with Gasteiger partial charge in [0.05, 0.1) is 19.9 Å². The van der Waals surface area contributed by atoms with Gasteiger partial charge in [-0.1, -0.05) is 25.9 Å². The number of aromatic nitrogens is 2. The van der Waals surface area contributed by atoms with E-state index in [9.17, 15) is 0 Å². The Labute approximate surface area is 130 Å². The maximum atomic E-state index is 5.37. The third-order valence-corrected chi connectivity index (χ3v) is 3.26. The number of hydrogen-bond donors (Lipinski definition) is 1. The van der Waals surface area contributed by atoms with Crippen LogP contribution in [0.1, 0.15) is 45.5 Å². The monoisotopic (exact) mass is 305 g/mol. The number of ether oxygens (including phenoxy) is 2. The summed E-state index contributed by atoms with van der Waals surface area (Å²) in [6.45, 7) is 8.11. The van der Waals surface area contributed by atoms with E-state index in [0.29, 0.717) is 17.5 Å². The molecular weight excluding hydrogens is 282 g/mol. The Morgan fingerprint density at radius 2 is 1.91 bits per heavy atom. The smallest absolute Gasteiger partial charge is 0.248 e. The summed E-state index contributed by atoms with van der Waals surface area (Å²) in [4.78, 5) is 4.46. The molecule has 0 fully saturated rings. The van der Waals surface area contributed by atoms with Crippen LogP contribution in [-0.4, -0.2) is 24.4 Å². The molecule has 0 bridgehead atoms. The molecule has 0 unspecified atom stereocenters. The average molecular weight is 305 g/mol. The minimum atomic E-state index is -0.140. The normalized spacial score (nSPS) is 12.8. The molecule has 1 heterocycles. The van der Waals surface area contributed by atoms with Gasteiger partial charge in [0.15, 0.2) is 5.82 Å². The zero-order chi connectivity index (χ0) is 16.3. The molecular formula is C16H23N3O3. The molecule has 6 heteroatoms. The van der Waals surface area contributed by atoms with Crippen molar-refractivity contribution >= 4 is 5.69 Å². The number of rotatable bonds is 5. The van der Waals surface area contributed by atoms with Crippen LogP contribution in [0.4, 0.5) is 5.69 Å². The summed E-state index contributed by atoms with van der Waals surface area (Å²) >= 11 is 0.